The summed E-state index contributed by atoms with van der Waals surface area (Å²) < 4.78 is 0. The Balaban J connectivity index is 2.12. The summed E-state index contributed by atoms with van der Waals surface area (Å²) >= 11 is 1.96. The summed E-state index contributed by atoms with van der Waals surface area (Å²) in [6.45, 7) is 0.601. The fourth-order valence-electron chi connectivity index (χ4n) is 1.72. The molecule has 2 N–H and O–H groups in total. The number of thioether (sulfide) groups is 1. The van der Waals surface area contributed by atoms with E-state index in [0.717, 1.165) is 6.42 Å². The molecule has 1 aliphatic heterocycles. The molecule has 1 aromatic carbocycles. The second-order valence-electron chi connectivity index (χ2n) is 3.51. The number of hydrogen-bond acceptors (Lipinski definition) is 3. The molecule has 1 aromatic rings. The van der Waals surface area contributed by atoms with Crippen LogP contribution in [0.3, 0.4) is 0 Å². The average Bonchev–Trinajstić information content (AvgIpc) is 2.26. The third-order valence-corrected chi connectivity index (χ3v) is 3.67. The number of hydrogen-bond donors (Lipinski definition) is 1. The van der Waals surface area contributed by atoms with Crippen molar-refractivity contribution in [3.8, 4) is 0 Å². The molecule has 14 heavy (non-hydrogen) atoms. The van der Waals surface area contributed by atoms with Gasteiger partial charge in [-0.05, 0) is 42.2 Å². The normalized spacial score (nSPS) is 15.2. The first kappa shape index (κ1) is 10.0. The van der Waals surface area contributed by atoms with Gasteiger partial charge in [-0.25, -0.2) is 5.90 Å². The highest BCUT2D eigenvalue weighted by Gasteiger charge is 2.09. The molecular weight excluding hydrogens is 194 g/mol. The van der Waals surface area contributed by atoms with Gasteiger partial charge in [-0.1, -0.05) is 12.1 Å². The Bertz CT molecular complexity index is 314. The monoisotopic (exact) mass is 209 g/mol. The van der Waals surface area contributed by atoms with Gasteiger partial charge in [0.15, 0.2) is 0 Å². The Labute approximate surface area is 88.8 Å². The van der Waals surface area contributed by atoms with Crippen LogP contribution in [0.1, 0.15) is 17.5 Å². The lowest BCUT2D eigenvalue weighted by atomic mass is 10.1. The van der Waals surface area contributed by atoms with Gasteiger partial charge in [-0.15, -0.1) is 11.8 Å². The first-order valence-electron chi connectivity index (χ1n) is 4.96. The third-order valence-electron chi connectivity index (χ3n) is 2.49. The van der Waals surface area contributed by atoms with Gasteiger partial charge in [-0.3, -0.25) is 0 Å². The van der Waals surface area contributed by atoms with Gasteiger partial charge >= 0.3 is 0 Å². The van der Waals surface area contributed by atoms with Crippen molar-refractivity contribution in [2.24, 2.45) is 5.90 Å². The van der Waals surface area contributed by atoms with E-state index in [2.05, 4.69) is 23.0 Å². The van der Waals surface area contributed by atoms with Crippen LogP contribution in [-0.2, 0) is 17.7 Å². The first-order chi connectivity index (χ1) is 6.90. The lowest BCUT2D eigenvalue weighted by molar-refractivity contribution is 0.141. The summed E-state index contributed by atoms with van der Waals surface area (Å²) in [5, 5.41) is 0. The van der Waals surface area contributed by atoms with Crippen molar-refractivity contribution in [2.75, 3.05) is 12.4 Å². The Morgan fingerprint density at radius 3 is 3.21 bits per heavy atom. The van der Waals surface area contributed by atoms with Gasteiger partial charge in [0.2, 0.25) is 0 Å². The smallest absolute Gasteiger partial charge is 0.0719 e. The van der Waals surface area contributed by atoms with Gasteiger partial charge in [0.1, 0.15) is 0 Å². The molecule has 0 spiro atoms. The van der Waals surface area contributed by atoms with E-state index in [-0.39, 0.29) is 0 Å². The molecule has 2 rings (SSSR count). The number of benzene rings is 1. The van der Waals surface area contributed by atoms with E-state index in [1.807, 2.05) is 11.8 Å². The van der Waals surface area contributed by atoms with Crippen molar-refractivity contribution in [1.82, 2.24) is 0 Å². The number of fused-ring (bicyclic) bond motifs is 1. The molecule has 0 fully saturated rings. The van der Waals surface area contributed by atoms with Crippen molar-refractivity contribution < 1.29 is 4.84 Å². The highest BCUT2D eigenvalue weighted by atomic mass is 32.2. The number of nitrogens with two attached hydrogens (primary N) is 1. The van der Waals surface area contributed by atoms with E-state index >= 15 is 0 Å². The van der Waals surface area contributed by atoms with Crippen LogP contribution in [0.25, 0.3) is 0 Å². The van der Waals surface area contributed by atoms with Crippen molar-refractivity contribution in [3.63, 3.8) is 0 Å². The zero-order valence-corrected chi connectivity index (χ0v) is 8.98. The minimum absolute atomic E-state index is 0.601. The fourth-order valence-corrected chi connectivity index (χ4v) is 2.82. The molecule has 0 amide bonds. The highest BCUT2D eigenvalue weighted by Crippen LogP contribution is 2.30. The second-order valence-corrected chi connectivity index (χ2v) is 4.65. The molecule has 76 valence electrons. The summed E-state index contributed by atoms with van der Waals surface area (Å²) in [6, 6.07) is 6.70. The maximum absolute atomic E-state index is 5.01. The lowest BCUT2D eigenvalue weighted by Crippen LogP contribution is -2.05. The van der Waals surface area contributed by atoms with Gasteiger partial charge in [-0.2, -0.15) is 0 Å². The van der Waals surface area contributed by atoms with Crippen molar-refractivity contribution in [2.45, 2.75) is 24.2 Å². The van der Waals surface area contributed by atoms with Gasteiger partial charge in [0.25, 0.3) is 0 Å². The Kier molecular flexibility index (Phi) is 3.45. The number of aryl methyl sites for hydroxylation is 1. The molecule has 1 aliphatic rings. The van der Waals surface area contributed by atoms with Crippen LogP contribution in [-0.4, -0.2) is 12.4 Å². The topological polar surface area (TPSA) is 35.2 Å². The van der Waals surface area contributed by atoms with Crippen LogP contribution in [0.15, 0.2) is 23.1 Å². The molecule has 0 bridgehead atoms. The minimum atomic E-state index is 0.601. The van der Waals surface area contributed by atoms with E-state index in [9.17, 15) is 0 Å². The molecule has 0 saturated heterocycles. The molecule has 0 atom stereocenters. The zero-order valence-electron chi connectivity index (χ0n) is 8.16. The molecule has 0 aromatic heterocycles. The second kappa shape index (κ2) is 4.82. The standard InChI is InChI=1S/C11H15NOS/c12-13-6-5-9-3-4-10-2-1-7-14-11(10)8-9/h3-4,8H,1-2,5-7,12H2. The van der Waals surface area contributed by atoms with Crippen LogP contribution < -0.4 is 5.90 Å². The fraction of sp³-hybridized carbons (Fsp3) is 0.455. The predicted octanol–water partition coefficient (Wildman–Crippen LogP) is 2.16. The quantitative estimate of drug-likeness (QED) is 0.775. The Morgan fingerprint density at radius 2 is 2.36 bits per heavy atom. The summed E-state index contributed by atoms with van der Waals surface area (Å²) in [4.78, 5) is 6.03. The first-order valence-corrected chi connectivity index (χ1v) is 5.95. The SMILES string of the molecule is NOCCc1ccc2c(c1)SCCC2. The summed E-state index contributed by atoms with van der Waals surface area (Å²) in [5.74, 6) is 6.26. The maximum Gasteiger partial charge on any atom is 0.0719 e. The number of rotatable bonds is 3. The molecule has 0 radical (unpaired) electrons. The average molecular weight is 209 g/mol. The van der Waals surface area contributed by atoms with E-state index in [0.29, 0.717) is 6.61 Å². The molecular formula is C11H15NOS. The van der Waals surface area contributed by atoms with Crippen molar-refractivity contribution >= 4 is 11.8 Å². The largest absolute Gasteiger partial charge is 0.304 e. The molecule has 0 aliphatic carbocycles. The summed E-state index contributed by atoms with van der Waals surface area (Å²) in [6.07, 6.45) is 3.45. The summed E-state index contributed by atoms with van der Waals surface area (Å²) in [5.41, 5.74) is 2.82. The summed E-state index contributed by atoms with van der Waals surface area (Å²) in [7, 11) is 0. The van der Waals surface area contributed by atoms with Crippen LogP contribution in [0.2, 0.25) is 0 Å². The minimum Gasteiger partial charge on any atom is -0.304 e. The van der Waals surface area contributed by atoms with Gasteiger partial charge in [0.05, 0.1) is 6.61 Å². The third kappa shape index (κ3) is 2.29. The highest BCUT2D eigenvalue weighted by molar-refractivity contribution is 7.99. The zero-order chi connectivity index (χ0) is 9.80. The van der Waals surface area contributed by atoms with E-state index in [1.54, 1.807) is 0 Å². The maximum atomic E-state index is 5.01. The molecule has 3 heteroatoms. The van der Waals surface area contributed by atoms with Gasteiger partial charge in [0, 0.05) is 4.90 Å². The predicted molar refractivity (Wildman–Crippen MR) is 59.3 cm³/mol. The van der Waals surface area contributed by atoms with Gasteiger partial charge < -0.3 is 4.84 Å². The van der Waals surface area contributed by atoms with E-state index < -0.39 is 0 Å². The van der Waals surface area contributed by atoms with Crippen molar-refractivity contribution in [1.29, 1.82) is 0 Å². The van der Waals surface area contributed by atoms with E-state index in [4.69, 9.17) is 5.90 Å². The lowest BCUT2D eigenvalue weighted by Gasteiger charge is -2.15. The molecule has 0 unspecified atom stereocenters. The van der Waals surface area contributed by atoms with Crippen LogP contribution >= 0.6 is 11.8 Å². The Morgan fingerprint density at radius 1 is 1.43 bits per heavy atom. The van der Waals surface area contributed by atoms with E-state index in [1.165, 1.54) is 34.6 Å². The van der Waals surface area contributed by atoms with Crippen molar-refractivity contribution in [3.05, 3.63) is 29.3 Å². The van der Waals surface area contributed by atoms with Crippen LogP contribution in [0, 0.1) is 0 Å². The molecule has 2 nitrogen and oxygen atoms in total. The van der Waals surface area contributed by atoms with Crippen LogP contribution in [0.4, 0.5) is 0 Å². The van der Waals surface area contributed by atoms with Crippen LogP contribution in [0.5, 0.6) is 0 Å². The Hall–Kier alpha value is -0.510. The molecule has 0 saturated carbocycles. The molecule has 1 heterocycles.